The van der Waals surface area contributed by atoms with Crippen molar-refractivity contribution in [1.29, 1.82) is 5.26 Å². The van der Waals surface area contributed by atoms with E-state index in [1.165, 1.54) is 6.92 Å². The molecule has 0 saturated heterocycles. The molecule has 88 valence electrons. The topological polar surface area (TPSA) is 79.6 Å². The highest BCUT2D eigenvalue weighted by molar-refractivity contribution is 5.85. The number of fused-ring (bicyclic) bond motifs is 1. The maximum atomic E-state index is 11.2. The third-order valence-electron chi connectivity index (χ3n) is 2.91. The number of nitrogens with zero attached hydrogens (tertiary/aromatic N) is 1. The molecular formula is C12H11NO4. The molecule has 1 aromatic carbocycles. The number of nitriles is 1. The molecule has 1 aliphatic heterocycles. The lowest BCUT2D eigenvalue weighted by Gasteiger charge is -2.19. The van der Waals surface area contributed by atoms with Crippen LogP contribution in [-0.4, -0.2) is 17.9 Å². The molecule has 2 rings (SSSR count). The maximum Gasteiger partial charge on any atom is 0.328 e. The van der Waals surface area contributed by atoms with Crippen molar-refractivity contribution in [3.8, 4) is 17.6 Å². The van der Waals surface area contributed by atoms with Crippen LogP contribution in [0.4, 0.5) is 0 Å². The average molecular weight is 233 g/mol. The van der Waals surface area contributed by atoms with E-state index in [4.69, 9.17) is 19.8 Å². The van der Waals surface area contributed by atoms with Crippen LogP contribution in [0.3, 0.4) is 0 Å². The highest BCUT2D eigenvalue weighted by Crippen LogP contribution is 2.38. The molecule has 0 spiro atoms. The van der Waals surface area contributed by atoms with E-state index in [1.54, 1.807) is 19.1 Å². The first-order valence-corrected chi connectivity index (χ1v) is 5.04. The van der Waals surface area contributed by atoms with Crippen LogP contribution < -0.4 is 9.47 Å². The number of carboxylic acids is 1. The van der Waals surface area contributed by atoms with Crippen LogP contribution in [0.2, 0.25) is 0 Å². The fourth-order valence-electron chi connectivity index (χ4n) is 1.81. The standard InChI is InChI=1S/C12H11NO4/c1-7-3-9-10(17-6-16-9)4-8(7)12(2,5-13)11(14)15/h3-4H,6H2,1-2H3,(H,14,15). The highest BCUT2D eigenvalue weighted by Gasteiger charge is 2.38. The van der Waals surface area contributed by atoms with Crippen LogP contribution in [0.1, 0.15) is 18.1 Å². The van der Waals surface area contributed by atoms with Crippen molar-refractivity contribution < 1.29 is 19.4 Å². The highest BCUT2D eigenvalue weighted by atomic mass is 16.7. The van der Waals surface area contributed by atoms with Gasteiger partial charge in [0.25, 0.3) is 0 Å². The minimum Gasteiger partial charge on any atom is -0.480 e. The molecule has 17 heavy (non-hydrogen) atoms. The summed E-state index contributed by atoms with van der Waals surface area (Å²) in [5, 5.41) is 18.2. The summed E-state index contributed by atoms with van der Waals surface area (Å²) in [6.07, 6.45) is 0. The van der Waals surface area contributed by atoms with Crippen LogP contribution >= 0.6 is 0 Å². The molecule has 0 saturated carbocycles. The largest absolute Gasteiger partial charge is 0.480 e. The molecule has 1 atom stereocenters. The van der Waals surface area contributed by atoms with Crippen molar-refractivity contribution in [2.45, 2.75) is 19.3 Å². The van der Waals surface area contributed by atoms with Gasteiger partial charge in [-0.3, -0.25) is 4.79 Å². The molecule has 0 amide bonds. The van der Waals surface area contributed by atoms with Crippen molar-refractivity contribution in [3.05, 3.63) is 23.3 Å². The van der Waals surface area contributed by atoms with Crippen molar-refractivity contribution in [3.63, 3.8) is 0 Å². The van der Waals surface area contributed by atoms with E-state index in [-0.39, 0.29) is 6.79 Å². The minimum absolute atomic E-state index is 0.120. The van der Waals surface area contributed by atoms with Crippen molar-refractivity contribution in [1.82, 2.24) is 0 Å². The smallest absolute Gasteiger partial charge is 0.328 e. The van der Waals surface area contributed by atoms with Gasteiger partial charge in [-0.25, -0.2) is 0 Å². The molecule has 0 radical (unpaired) electrons. The first-order valence-electron chi connectivity index (χ1n) is 5.04. The van der Waals surface area contributed by atoms with Gasteiger partial charge in [0, 0.05) is 0 Å². The van der Waals surface area contributed by atoms with Gasteiger partial charge in [0.15, 0.2) is 16.9 Å². The van der Waals surface area contributed by atoms with E-state index in [2.05, 4.69) is 0 Å². The number of aryl methyl sites for hydroxylation is 1. The molecule has 0 aromatic heterocycles. The molecule has 1 aromatic rings. The van der Waals surface area contributed by atoms with E-state index >= 15 is 0 Å². The summed E-state index contributed by atoms with van der Waals surface area (Å²) in [4.78, 5) is 11.2. The van der Waals surface area contributed by atoms with E-state index in [1.807, 2.05) is 6.07 Å². The summed E-state index contributed by atoms with van der Waals surface area (Å²) in [5.41, 5.74) is -0.456. The predicted molar refractivity (Wildman–Crippen MR) is 57.9 cm³/mol. The van der Waals surface area contributed by atoms with Crippen LogP contribution in [-0.2, 0) is 10.2 Å². The van der Waals surface area contributed by atoms with Gasteiger partial charge in [-0.2, -0.15) is 5.26 Å². The van der Waals surface area contributed by atoms with Crippen LogP contribution in [0.15, 0.2) is 12.1 Å². The molecule has 1 unspecified atom stereocenters. The van der Waals surface area contributed by atoms with E-state index in [0.717, 1.165) is 0 Å². The van der Waals surface area contributed by atoms with Crippen LogP contribution in [0.5, 0.6) is 11.5 Å². The summed E-state index contributed by atoms with van der Waals surface area (Å²) in [6, 6.07) is 5.09. The summed E-state index contributed by atoms with van der Waals surface area (Å²) < 4.78 is 10.4. The quantitative estimate of drug-likeness (QED) is 0.839. The number of hydrogen-bond acceptors (Lipinski definition) is 4. The second-order valence-corrected chi connectivity index (χ2v) is 4.06. The zero-order valence-electron chi connectivity index (χ0n) is 9.48. The molecule has 0 bridgehead atoms. The number of ether oxygens (including phenoxy) is 2. The first kappa shape index (κ1) is 11.3. The van der Waals surface area contributed by atoms with Gasteiger partial charge in [0.05, 0.1) is 6.07 Å². The molecule has 1 aliphatic rings. The Hall–Kier alpha value is -2.22. The molecule has 0 fully saturated rings. The van der Waals surface area contributed by atoms with Crippen LogP contribution in [0.25, 0.3) is 0 Å². The Kier molecular flexibility index (Phi) is 2.43. The SMILES string of the molecule is Cc1cc2c(cc1C(C)(C#N)C(=O)O)OCO2. The van der Waals surface area contributed by atoms with Gasteiger partial charge >= 0.3 is 5.97 Å². The molecular weight excluding hydrogens is 222 g/mol. The summed E-state index contributed by atoms with van der Waals surface area (Å²) in [5.74, 6) is -0.118. The maximum absolute atomic E-state index is 11.2. The van der Waals surface area contributed by atoms with Gasteiger partial charge in [0.2, 0.25) is 6.79 Å². The third kappa shape index (κ3) is 1.58. The monoisotopic (exact) mass is 233 g/mol. The number of benzene rings is 1. The Balaban J connectivity index is 2.61. The van der Waals surface area contributed by atoms with Gasteiger partial charge in [-0.05, 0) is 37.1 Å². The van der Waals surface area contributed by atoms with Gasteiger partial charge < -0.3 is 14.6 Å². The Morgan fingerprint density at radius 1 is 1.47 bits per heavy atom. The van der Waals surface area contributed by atoms with E-state index < -0.39 is 11.4 Å². The third-order valence-corrected chi connectivity index (χ3v) is 2.91. The fourth-order valence-corrected chi connectivity index (χ4v) is 1.81. The number of carboxylic acid groups (broad SMARTS) is 1. The second kappa shape index (κ2) is 3.67. The Morgan fingerprint density at radius 3 is 2.59 bits per heavy atom. The van der Waals surface area contributed by atoms with Crippen molar-refractivity contribution in [2.75, 3.05) is 6.79 Å². The summed E-state index contributed by atoms with van der Waals surface area (Å²) in [7, 11) is 0. The summed E-state index contributed by atoms with van der Waals surface area (Å²) >= 11 is 0. The second-order valence-electron chi connectivity index (χ2n) is 4.06. The predicted octanol–water partition coefficient (Wildman–Crippen LogP) is 1.59. The number of rotatable bonds is 2. The lowest BCUT2D eigenvalue weighted by molar-refractivity contribution is -0.141. The number of hydrogen-bond donors (Lipinski definition) is 1. The fraction of sp³-hybridized carbons (Fsp3) is 0.333. The van der Waals surface area contributed by atoms with Gasteiger partial charge in [0.1, 0.15) is 0 Å². The zero-order valence-corrected chi connectivity index (χ0v) is 9.48. The molecule has 1 heterocycles. The average Bonchev–Trinajstić information content (AvgIpc) is 2.73. The molecule has 5 heteroatoms. The Bertz CT molecular complexity index is 532. The Labute approximate surface area is 98.2 Å². The van der Waals surface area contributed by atoms with Crippen molar-refractivity contribution >= 4 is 5.97 Å². The molecule has 0 aliphatic carbocycles. The van der Waals surface area contributed by atoms with E-state index in [0.29, 0.717) is 22.6 Å². The lowest BCUT2D eigenvalue weighted by atomic mass is 9.81. The van der Waals surface area contributed by atoms with E-state index in [9.17, 15) is 4.79 Å². The van der Waals surface area contributed by atoms with Gasteiger partial charge in [-0.1, -0.05) is 0 Å². The Morgan fingerprint density at radius 2 is 2.06 bits per heavy atom. The first-order chi connectivity index (χ1) is 7.99. The lowest BCUT2D eigenvalue weighted by Crippen LogP contribution is -2.31. The van der Waals surface area contributed by atoms with Crippen molar-refractivity contribution in [2.24, 2.45) is 0 Å². The normalized spacial score (nSPS) is 16.1. The molecule has 5 nitrogen and oxygen atoms in total. The summed E-state index contributed by atoms with van der Waals surface area (Å²) in [6.45, 7) is 3.24. The number of aliphatic carboxylic acids is 1. The van der Waals surface area contributed by atoms with Crippen LogP contribution in [0, 0.1) is 18.3 Å². The minimum atomic E-state index is -1.58. The number of carbonyl (C=O) groups is 1. The molecule has 1 N–H and O–H groups in total. The zero-order chi connectivity index (χ0) is 12.6. The van der Waals surface area contributed by atoms with Gasteiger partial charge in [-0.15, -0.1) is 0 Å².